The van der Waals surface area contributed by atoms with Gasteiger partial charge in [0.25, 0.3) is 0 Å². The van der Waals surface area contributed by atoms with Crippen LogP contribution in [0, 0.1) is 12.7 Å². The van der Waals surface area contributed by atoms with Gasteiger partial charge in [-0.15, -0.1) is 11.8 Å². The summed E-state index contributed by atoms with van der Waals surface area (Å²) in [5.41, 5.74) is 3.41. The van der Waals surface area contributed by atoms with Crippen molar-refractivity contribution in [1.29, 1.82) is 0 Å². The van der Waals surface area contributed by atoms with E-state index in [-0.39, 0.29) is 35.2 Å². The Labute approximate surface area is 228 Å². The lowest BCUT2D eigenvalue weighted by Crippen LogP contribution is -2.52. The zero-order chi connectivity index (χ0) is 26.8. The van der Waals surface area contributed by atoms with Crippen LogP contribution in [-0.4, -0.2) is 34.6 Å². The second kappa shape index (κ2) is 14.2. The molecule has 1 N–H and O–H groups in total. The van der Waals surface area contributed by atoms with Gasteiger partial charge in [0.2, 0.25) is 11.8 Å². The highest BCUT2D eigenvalue weighted by molar-refractivity contribution is 7.99. The molecule has 0 fully saturated rings. The number of benzene rings is 3. The number of carbonyl (C=O) groups is 2. The van der Waals surface area contributed by atoms with E-state index in [9.17, 15) is 14.0 Å². The van der Waals surface area contributed by atoms with Gasteiger partial charge in [-0.05, 0) is 43.5 Å². The van der Waals surface area contributed by atoms with E-state index < -0.39 is 6.04 Å². The molecule has 0 aliphatic carbocycles. The number of aryl methyl sites for hydroxylation is 1. The monoisotopic (exact) mass is 540 g/mol. The van der Waals surface area contributed by atoms with E-state index >= 15 is 0 Å². The summed E-state index contributed by atoms with van der Waals surface area (Å²) >= 11 is 7.46. The van der Waals surface area contributed by atoms with Gasteiger partial charge in [0.05, 0.1) is 5.75 Å². The molecular weight excluding hydrogens is 507 g/mol. The highest BCUT2D eigenvalue weighted by atomic mass is 35.5. The third-order valence-electron chi connectivity index (χ3n) is 6.28. The van der Waals surface area contributed by atoms with Crippen LogP contribution in [0.2, 0.25) is 5.02 Å². The largest absolute Gasteiger partial charge is 0.352 e. The molecule has 0 spiro atoms. The molecule has 3 aromatic rings. The van der Waals surface area contributed by atoms with E-state index in [1.165, 1.54) is 17.8 Å². The van der Waals surface area contributed by atoms with Gasteiger partial charge in [0.1, 0.15) is 11.9 Å². The first kappa shape index (κ1) is 28.7. The predicted molar refractivity (Wildman–Crippen MR) is 151 cm³/mol. The molecule has 0 radical (unpaired) electrons. The molecule has 2 atom stereocenters. The average Bonchev–Trinajstić information content (AvgIpc) is 2.89. The molecule has 0 aliphatic rings. The molecule has 0 unspecified atom stereocenters. The number of rotatable bonds is 12. The number of carbonyl (C=O) groups excluding carboxylic acids is 2. The lowest BCUT2D eigenvalue weighted by molar-refractivity contribution is -0.139. The summed E-state index contributed by atoms with van der Waals surface area (Å²) in [5.74, 6) is -0.394. The lowest BCUT2D eigenvalue weighted by atomic mass is 10.0. The zero-order valence-electron chi connectivity index (χ0n) is 21.5. The first-order chi connectivity index (χ1) is 17.8. The van der Waals surface area contributed by atoms with Gasteiger partial charge in [-0.1, -0.05) is 84.8 Å². The minimum absolute atomic E-state index is 0.0142. The van der Waals surface area contributed by atoms with Crippen molar-refractivity contribution in [2.75, 3.05) is 5.75 Å². The summed E-state index contributed by atoms with van der Waals surface area (Å²) in [6.07, 6.45) is 1.18. The van der Waals surface area contributed by atoms with Gasteiger partial charge >= 0.3 is 0 Å². The van der Waals surface area contributed by atoms with Gasteiger partial charge in [-0.2, -0.15) is 0 Å². The smallest absolute Gasteiger partial charge is 0.243 e. The summed E-state index contributed by atoms with van der Waals surface area (Å²) in [4.78, 5) is 28.8. The van der Waals surface area contributed by atoms with Crippen molar-refractivity contribution in [2.24, 2.45) is 0 Å². The molecule has 0 aromatic heterocycles. The third-order valence-corrected chi connectivity index (χ3v) is 7.58. The quantitative estimate of drug-likeness (QED) is 0.282. The fraction of sp³-hybridized carbons (Fsp3) is 0.333. The van der Waals surface area contributed by atoms with E-state index in [4.69, 9.17) is 11.6 Å². The standard InChI is InChI=1S/C30H34ClFN2O2S/c1-4-22(3)33-30(36)28(17-23-9-6-5-7-10-23)34(18-24-15-13-21(2)14-16-24)29(35)20-37-19-25-26(31)11-8-12-27(25)32/h5-16,22,28H,4,17-20H2,1-3H3,(H,33,36)/t22-,28-/m0/s1. The molecule has 0 heterocycles. The molecule has 3 rings (SSSR count). The first-order valence-electron chi connectivity index (χ1n) is 12.5. The number of nitrogens with zero attached hydrogens (tertiary/aromatic N) is 1. The van der Waals surface area contributed by atoms with Gasteiger partial charge in [-0.3, -0.25) is 9.59 Å². The van der Waals surface area contributed by atoms with Crippen LogP contribution in [0.15, 0.2) is 72.8 Å². The number of thioether (sulfide) groups is 1. The minimum atomic E-state index is -0.692. The Morgan fingerprint density at radius 1 is 1.00 bits per heavy atom. The maximum Gasteiger partial charge on any atom is 0.243 e. The van der Waals surface area contributed by atoms with Crippen molar-refractivity contribution in [1.82, 2.24) is 10.2 Å². The van der Waals surface area contributed by atoms with Crippen LogP contribution in [0.1, 0.15) is 42.5 Å². The fourth-order valence-electron chi connectivity index (χ4n) is 3.88. The van der Waals surface area contributed by atoms with Crippen molar-refractivity contribution in [3.63, 3.8) is 0 Å². The summed E-state index contributed by atoms with van der Waals surface area (Å²) in [6, 6.07) is 21.5. The molecule has 0 saturated heterocycles. The third kappa shape index (κ3) is 8.61. The lowest BCUT2D eigenvalue weighted by Gasteiger charge is -2.32. The second-order valence-corrected chi connectivity index (χ2v) is 10.6. The molecule has 7 heteroatoms. The van der Waals surface area contributed by atoms with Crippen LogP contribution in [0.4, 0.5) is 4.39 Å². The Hall–Kier alpha value is -2.83. The number of amides is 2. The number of halogens is 2. The second-order valence-electron chi connectivity index (χ2n) is 9.22. The maximum absolute atomic E-state index is 14.2. The Bertz CT molecular complexity index is 1150. The van der Waals surface area contributed by atoms with E-state index in [0.29, 0.717) is 23.6 Å². The van der Waals surface area contributed by atoms with Gasteiger partial charge in [0.15, 0.2) is 0 Å². The maximum atomic E-state index is 14.2. The Balaban J connectivity index is 1.87. The van der Waals surface area contributed by atoms with Gasteiger partial charge < -0.3 is 10.2 Å². The van der Waals surface area contributed by atoms with Gasteiger partial charge in [0, 0.05) is 35.3 Å². The van der Waals surface area contributed by atoms with Crippen LogP contribution in [0.5, 0.6) is 0 Å². The van der Waals surface area contributed by atoms with Crippen molar-refractivity contribution in [2.45, 2.75) is 58.0 Å². The zero-order valence-corrected chi connectivity index (χ0v) is 23.1. The van der Waals surface area contributed by atoms with E-state index in [1.807, 2.05) is 75.4 Å². The molecule has 0 saturated carbocycles. The molecule has 196 valence electrons. The summed E-state index contributed by atoms with van der Waals surface area (Å²) in [7, 11) is 0. The summed E-state index contributed by atoms with van der Waals surface area (Å²) in [6.45, 7) is 6.27. The van der Waals surface area contributed by atoms with Crippen molar-refractivity contribution < 1.29 is 14.0 Å². The topological polar surface area (TPSA) is 49.4 Å². The average molecular weight is 541 g/mol. The molecule has 0 bridgehead atoms. The Morgan fingerprint density at radius 2 is 1.70 bits per heavy atom. The number of hydrogen-bond acceptors (Lipinski definition) is 3. The molecule has 3 aromatic carbocycles. The SMILES string of the molecule is CC[C@H](C)NC(=O)[C@H](Cc1ccccc1)N(Cc1ccc(C)cc1)C(=O)CSCc1c(F)cccc1Cl. The fourth-order valence-corrected chi connectivity index (χ4v) is 5.13. The van der Waals surface area contributed by atoms with Crippen LogP contribution in [-0.2, 0) is 28.3 Å². The summed E-state index contributed by atoms with van der Waals surface area (Å²) in [5, 5.41) is 3.41. The highest BCUT2D eigenvalue weighted by Crippen LogP contribution is 2.25. The van der Waals surface area contributed by atoms with Crippen molar-refractivity contribution >= 4 is 35.2 Å². The van der Waals surface area contributed by atoms with Crippen LogP contribution < -0.4 is 5.32 Å². The Morgan fingerprint density at radius 3 is 2.35 bits per heavy atom. The summed E-state index contributed by atoms with van der Waals surface area (Å²) < 4.78 is 14.2. The molecular formula is C30H34ClFN2O2S. The van der Waals surface area contributed by atoms with E-state index in [1.54, 1.807) is 17.0 Å². The number of hydrogen-bond donors (Lipinski definition) is 1. The molecule has 37 heavy (non-hydrogen) atoms. The molecule has 0 aliphatic heterocycles. The normalized spacial score (nSPS) is 12.6. The van der Waals surface area contributed by atoms with Crippen LogP contribution in [0.3, 0.4) is 0 Å². The van der Waals surface area contributed by atoms with Crippen LogP contribution in [0.25, 0.3) is 0 Å². The van der Waals surface area contributed by atoms with E-state index in [0.717, 1.165) is 23.1 Å². The number of nitrogens with one attached hydrogen (secondary N) is 1. The van der Waals surface area contributed by atoms with Crippen molar-refractivity contribution in [3.8, 4) is 0 Å². The highest BCUT2D eigenvalue weighted by Gasteiger charge is 2.31. The minimum Gasteiger partial charge on any atom is -0.352 e. The van der Waals surface area contributed by atoms with E-state index in [2.05, 4.69) is 5.32 Å². The van der Waals surface area contributed by atoms with Crippen molar-refractivity contribution in [3.05, 3.63) is 106 Å². The molecule has 4 nitrogen and oxygen atoms in total. The van der Waals surface area contributed by atoms with Gasteiger partial charge in [-0.25, -0.2) is 4.39 Å². The Kier molecular flexibility index (Phi) is 11.0. The first-order valence-corrected chi connectivity index (χ1v) is 14.0. The van der Waals surface area contributed by atoms with Crippen LogP contribution >= 0.6 is 23.4 Å². The molecule has 2 amide bonds. The predicted octanol–water partition coefficient (Wildman–Crippen LogP) is 6.58.